The molecular weight excluding hydrogens is 242 g/mol. The van der Waals surface area contributed by atoms with Crippen molar-refractivity contribution in [1.82, 2.24) is 9.47 Å². The van der Waals surface area contributed by atoms with Crippen molar-refractivity contribution in [2.45, 2.75) is 45.2 Å². The first-order valence-electron chi connectivity index (χ1n) is 6.93. The lowest BCUT2D eigenvalue weighted by Crippen LogP contribution is -2.46. The molecule has 19 heavy (non-hydrogen) atoms. The van der Waals surface area contributed by atoms with E-state index >= 15 is 0 Å². The molecule has 1 aromatic heterocycles. The number of nitrogen functional groups attached to an aromatic ring is 1. The maximum Gasteiger partial charge on any atom is 0.270 e. The second-order valence-corrected chi connectivity index (χ2v) is 5.49. The van der Waals surface area contributed by atoms with Crippen LogP contribution in [-0.4, -0.2) is 39.7 Å². The van der Waals surface area contributed by atoms with Crippen LogP contribution in [0.3, 0.4) is 0 Å². The number of rotatable bonds is 3. The third-order valence-electron chi connectivity index (χ3n) is 3.74. The number of anilines is 1. The van der Waals surface area contributed by atoms with Crippen molar-refractivity contribution in [3.05, 3.63) is 18.0 Å². The Kier molecular flexibility index (Phi) is 4.14. The first-order chi connectivity index (χ1) is 9.04. The molecule has 3 N–H and O–H groups in total. The van der Waals surface area contributed by atoms with Crippen molar-refractivity contribution in [1.29, 1.82) is 0 Å². The van der Waals surface area contributed by atoms with E-state index in [0.29, 0.717) is 17.9 Å². The van der Waals surface area contributed by atoms with Gasteiger partial charge in [-0.1, -0.05) is 0 Å². The van der Waals surface area contributed by atoms with E-state index in [0.717, 1.165) is 19.3 Å². The minimum absolute atomic E-state index is 0.0239. The number of nitrogens with zero attached hydrogens (tertiary/aromatic N) is 2. The zero-order valence-electron chi connectivity index (χ0n) is 11.7. The molecule has 1 atom stereocenters. The van der Waals surface area contributed by atoms with Crippen LogP contribution in [0.1, 0.15) is 49.6 Å². The van der Waals surface area contributed by atoms with Crippen LogP contribution in [-0.2, 0) is 0 Å². The van der Waals surface area contributed by atoms with E-state index in [1.807, 2.05) is 18.4 Å². The summed E-state index contributed by atoms with van der Waals surface area (Å²) in [6, 6.07) is 1.86. The second kappa shape index (κ2) is 5.65. The first kappa shape index (κ1) is 13.9. The van der Waals surface area contributed by atoms with Crippen molar-refractivity contribution in [2.24, 2.45) is 0 Å². The lowest BCUT2D eigenvalue weighted by atomic mass is 10.0. The Balaban J connectivity index is 2.27. The third-order valence-corrected chi connectivity index (χ3v) is 3.74. The van der Waals surface area contributed by atoms with Gasteiger partial charge in [-0.15, -0.1) is 0 Å². The molecule has 5 nitrogen and oxygen atoms in total. The fraction of sp³-hybridized carbons (Fsp3) is 0.643. The van der Waals surface area contributed by atoms with Gasteiger partial charge < -0.3 is 20.3 Å². The van der Waals surface area contributed by atoms with Gasteiger partial charge in [-0.2, -0.15) is 0 Å². The Morgan fingerprint density at radius 1 is 1.53 bits per heavy atom. The average Bonchev–Trinajstić information content (AvgIpc) is 2.80. The Morgan fingerprint density at radius 3 is 2.89 bits per heavy atom. The van der Waals surface area contributed by atoms with Crippen molar-refractivity contribution >= 4 is 11.6 Å². The topological polar surface area (TPSA) is 71.5 Å². The van der Waals surface area contributed by atoms with E-state index in [9.17, 15) is 9.90 Å². The average molecular weight is 265 g/mol. The van der Waals surface area contributed by atoms with E-state index in [1.165, 1.54) is 0 Å². The lowest BCUT2D eigenvalue weighted by molar-refractivity contribution is 0.0491. The van der Waals surface area contributed by atoms with Crippen LogP contribution in [0.4, 0.5) is 5.69 Å². The molecular formula is C14H23N3O2. The monoisotopic (exact) mass is 265 g/mol. The number of aliphatic hydroxyl groups excluding tert-OH is 1. The largest absolute Gasteiger partial charge is 0.397 e. The van der Waals surface area contributed by atoms with Gasteiger partial charge in [-0.3, -0.25) is 4.79 Å². The molecule has 1 fully saturated rings. The van der Waals surface area contributed by atoms with Crippen LogP contribution >= 0.6 is 0 Å². The second-order valence-electron chi connectivity index (χ2n) is 5.49. The fourth-order valence-corrected chi connectivity index (χ4v) is 2.70. The Morgan fingerprint density at radius 2 is 2.26 bits per heavy atom. The summed E-state index contributed by atoms with van der Waals surface area (Å²) in [6.45, 7) is 4.79. The van der Waals surface area contributed by atoms with Crippen LogP contribution in [0.15, 0.2) is 12.3 Å². The molecule has 0 aromatic carbocycles. The standard InChI is InChI=1S/C14H23N3O2/c1-10(2)17-8-11(15)7-13(17)14(19)16-6-4-3-5-12(16)9-18/h7-8,10,12,18H,3-6,9,15H2,1-2H3. The number of carbonyl (C=O) groups is 1. The first-order valence-corrected chi connectivity index (χ1v) is 6.93. The predicted molar refractivity (Wildman–Crippen MR) is 75.0 cm³/mol. The molecule has 0 aliphatic carbocycles. The van der Waals surface area contributed by atoms with Gasteiger partial charge in [0.15, 0.2) is 0 Å². The van der Waals surface area contributed by atoms with Gasteiger partial charge in [0.2, 0.25) is 0 Å². The van der Waals surface area contributed by atoms with Gasteiger partial charge in [-0.25, -0.2) is 0 Å². The molecule has 1 aromatic rings. The predicted octanol–water partition coefficient (Wildman–Crippen LogP) is 1.64. The van der Waals surface area contributed by atoms with Gasteiger partial charge in [0, 0.05) is 18.8 Å². The highest BCUT2D eigenvalue weighted by Gasteiger charge is 2.29. The van der Waals surface area contributed by atoms with Crippen molar-refractivity contribution in [2.75, 3.05) is 18.9 Å². The Labute approximate surface area is 114 Å². The quantitative estimate of drug-likeness (QED) is 0.872. The summed E-state index contributed by atoms with van der Waals surface area (Å²) >= 11 is 0. The van der Waals surface area contributed by atoms with E-state index < -0.39 is 0 Å². The summed E-state index contributed by atoms with van der Waals surface area (Å²) in [5.41, 5.74) is 7.04. The summed E-state index contributed by atoms with van der Waals surface area (Å²) in [4.78, 5) is 14.4. The summed E-state index contributed by atoms with van der Waals surface area (Å²) in [5.74, 6) is -0.0239. The summed E-state index contributed by atoms with van der Waals surface area (Å²) in [6.07, 6.45) is 4.75. The Bertz CT molecular complexity index is 454. The van der Waals surface area contributed by atoms with E-state index in [-0.39, 0.29) is 24.6 Å². The molecule has 106 valence electrons. The van der Waals surface area contributed by atoms with E-state index in [2.05, 4.69) is 0 Å². The normalized spacial score (nSPS) is 20.0. The molecule has 0 bridgehead atoms. The highest BCUT2D eigenvalue weighted by molar-refractivity contribution is 5.94. The van der Waals surface area contributed by atoms with Crippen molar-refractivity contribution in [3.8, 4) is 0 Å². The van der Waals surface area contributed by atoms with Crippen molar-refractivity contribution in [3.63, 3.8) is 0 Å². The lowest BCUT2D eigenvalue weighted by Gasteiger charge is -2.35. The van der Waals surface area contributed by atoms with Gasteiger partial charge >= 0.3 is 0 Å². The molecule has 1 aliphatic heterocycles. The number of nitrogens with two attached hydrogens (primary N) is 1. The molecule has 0 saturated carbocycles. The maximum absolute atomic E-state index is 12.6. The minimum atomic E-state index is -0.0574. The van der Waals surface area contributed by atoms with Crippen LogP contribution in [0.25, 0.3) is 0 Å². The Hall–Kier alpha value is -1.49. The van der Waals surface area contributed by atoms with Gasteiger partial charge in [0.25, 0.3) is 5.91 Å². The molecule has 1 amide bonds. The highest BCUT2D eigenvalue weighted by atomic mass is 16.3. The zero-order chi connectivity index (χ0) is 14.0. The van der Waals surface area contributed by atoms with Gasteiger partial charge in [0.1, 0.15) is 5.69 Å². The number of aliphatic hydroxyl groups is 1. The number of carbonyl (C=O) groups excluding carboxylic acids is 1. The minimum Gasteiger partial charge on any atom is -0.397 e. The van der Waals surface area contributed by atoms with Crippen LogP contribution in [0.2, 0.25) is 0 Å². The smallest absolute Gasteiger partial charge is 0.270 e. The number of hydrogen-bond acceptors (Lipinski definition) is 3. The molecule has 5 heteroatoms. The van der Waals surface area contributed by atoms with Crippen LogP contribution in [0, 0.1) is 0 Å². The zero-order valence-corrected chi connectivity index (χ0v) is 11.7. The molecule has 2 rings (SSSR count). The van der Waals surface area contributed by atoms with Gasteiger partial charge in [-0.05, 0) is 39.2 Å². The number of hydrogen-bond donors (Lipinski definition) is 2. The van der Waals surface area contributed by atoms with Crippen LogP contribution in [0.5, 0.6) is 0 Å². The highest BCUT2D eigenvalue weighted by Crippen LogP contribution is 2.23. The molecule has 1 saturated heterocycles. The van der Waals surface area contributed by atoms with Crippen molar-refractivity contribution < 1.29 is 9.90 Å². The summed E-state index contributed by atoms with van der Waals surface area (Å²) < 4.78 is 1.90. The van der Waals surface area contributed by atoms with E-state index in [4.69, 9.17) is 5.73 Å². The number of likely N-dealkylation sites (tertiary alicyclic amines) is 1. The number of aromatic nitrogens is 1. The molecule has 2 heterocycles. The molecule has 0 radical (unpaired) electrons. The molecule has 0 spiro atoms. The molecule has 1 aliphatic rings. The maximum atomic E-state index is 12.6. The number of piperidine rings is 1. The van der Waals surface area contributed by atoms with E-state index in [1.54, 1.807) is 17.2 Å². The third kappa shape index (κ3) is 2.76. The van der Waals surface area contributed by atoms with Crippen LogP contribution < -0.4 is 5.73 Å². The summed E-state index contributed by atoms with van der Waals surface area (Å²) in [5, 5.41) is 9.42. The summed E-state index contributed by atoms with van der Waals surface area (Å²) in [7, 11) is 0. The molecule has 1 unspecified atom stereocenters. The number of amides is 1. The van der Waals surface area contributed by atoms with Gasteiger partial charge in [0.05, 0.1) is 18.3 Å². The SMILES string of the molecule is CC(C)n1cc(N)cc1C(=O)N1CCCCC1CO. The fourth-order valence-electron chi connectivity index (χ4n) is 2.70.